The Balaban J connectivity index is 1.30. The largest absolute Gasteiger partial charge is 0.456 e. The summed E-state index contributed by atoms with van der Waals surface area (Å²) in [4.78, 5) is 29.0. The predicted molar refractivity (Wildman–Crippen MR) is 129 cm³/mol. The zero-order chi connectivity index (χ0) is 23.0. The summed E-state index contributed by atoms with van der Waals surface area (Å²) in [6.07, 6.45) is 0. The smallest absolute Gasteiger partial charge is 0.320 e. The van der Waals surface area contributed by atoms with Crippen LogP contribution < -0.4 is 0 Å². The first-order valence-electron chi connectivity index (χ1n) is 11.1. The van der Waals surface area contributed by atoms with E-state index in [0.29, 0.717) is 10.6 Å². The number of esters is 1. The number of Topliss-reactive ketones (excluding diaryl/α,β-unsaturated/α-hetero) is 1. The van der Waals surface area contributed by atoms with Crippen molar-refractivity contribution in [1.82, 2.24) is 9.80 Å². The molecule has 0 unspecified atom stereocenters. The minimum atomic E-state index is -0.381. The van der Waals surface area contributed by atoms with E-state index in [0.717, 1.165) is 26.2 Å². The maximum Gasteiger partial charge on any atom is 0.320 e. The third-order valence-corrected chi connectivity index (χ3v) is 6.14. The molecule has 0 atom stereocenters. The Labute approximate surface area is 199 Å². The van der Waals surface area contributed by atoms with Crippen LogP contribution in [0.15, 0.2) is 84.9 Å². The van der Waals surface area contributed by atoms with Crippen molar-refractivity contribution < 1.29 is 14.3 Å². The monoisotopic (exact) mass is 462 g/mol. The van der Waals surface area contributed by atoms with Crippen LogP contribution in [0.3, 0.4) is 0 Å². The number of nitrogens with zero attached hydrogens (tertiary/aromatic N) is 2. The van der Waals surface area contributed by atoms with Crippen molar-refractivity contribution in [2.75, 3.05) is 39.3 Å². The molecule has 0 saturated carbocycles. The van der Waals surface area contributed by atoms with Crippen LogP contribution in [0.1, 0.15) is 27.5 Å². The van der Waals surface area contributed by atoms with Crippen LogP contribution in [0.2, 0.25) is 5.02 Å². The maximum atomic E-state index is 12.3. The SMILES string of the molecule is O=C(CN1CCN(C(c2ccccc2)c2ccccc2)CC1)OCC(=O)c1ccc(Cl)cc1. The summed E-state index contributed by atoms with van der Waals surface area (Å²) in [5.74, 6) is -0.619. The number of rotatable bonds is 8. The van der Waals surface area contributed by atoms with Gasteiger partial charge in [0, 0.05) is 36.8 Å². The first kappa shape index (κ1) is 23.2. The number of carbonyl (C=O) groups is 2. The number of benzene rings is 3. The van der Waals surface area contributed by atoms with Gasteiger partial charge in [-0.2, -0.15) is 0 Å². The zero-order valence-electron chi connectivity index (χ0n) is 18.4. The van der Waals surface area contributed by atoms with Crippen molar-refractivity contribution in [3.8, 4) is 0 Å². The van der Waals surface area contributed by atoms with E-state index in [1.54, 1.807) is 24.3 Å². The molecule has 4 rings (SSSR count). The van der Waals surface area contributed by atoms with Gasteiger partial charge in [0.1, 0.15) is 0 Å². The molecule has 0 amide bonds. The second kappa shape index (κ2) is 11.2. The second-order valence-electron chi connectivity index (χ2n) is 8.13. The molecule has 0 radical (unpaired) electrons. The van der Waals surface area contributed by atoms with Crippen molar-refractivity contribution in [2.45, 2.75) is 6.04 Å². The summed E-state index contributed by atoms with van der Waals surface area (Å²) in [5, 5.41) is 0.560. The van der Waals surface area contributed by atoms with Crippen LogP contribution >= 0.6 is 11.6 Å². The van der Waals surface area contributed by atoms with Crippen LogP contribution in [0.5, 0.6) is 0 Å². The molecule has 170 valence electrons. The summed E-state index contributed by atoms with van der Waals surface area (Å²) in [6, 6.07) is 27.8. The highest BCUT2D eigenvalue weighted by Gasteiger charge is 2.27. The van der Waals surface area contributed by atoms with Crippen LogP contribution in [0.4, 0.5) is 0 Å². The van der Waals surface area contributed by atoms with Gasteiger partial charge in [0.25, 0.3) is 0 Å². The molecule has 0 N–H and O–H groups in total. The van der Waals surface area contributed by atoms with Gasteiger partial charge in [0.05, 0.1) is 12.6 Å². The lowest BCUT2D eigenvalue weighted by Gasteiger charge is -2.39. The molecule has 0 bridgehead atoms. The highest BCUT2D eigenvalue weighted by atomic mass is 35.5. The minimum absolute atomic E-state index is 0.179. The molecule has 1 aliphatic rings. The lowest BCUT2D eigenvalue weighted by molar-refractivity contribution is -0.144. The van der Waals surface area contributed by atoms with Crippen molar-refractivity contribution in [2.24, 2.45) is 0 Å². The van der Waals surface area contributed by atoms with E-state index in [2.05, 4.69) is 58.3 Å². The lowest BCUT2D eigenvalue weighted by atomic mass is 9.96. The fourth-order valence-corrected chi connectivity index (χ4v) is 4.28. The predicted octanol–water partition coefficient (Wildman–Crippen LogP) is 4.47. The van der Waals surface area contributed by atoms with E-state index in [1.165, 1.54) is 11.1 Å². The summed E-state index contributed by atoms with van der Waals surface area (Å²) < 4.78 is 5.23. The Morgan fingerprint density at radius 2 is 1.33 bits per heavy atom. The number of ether oxygens (including phenoxy) is 1. The average Bonchev–Trinajstić information content (AvgIpc) is 2.85. The van der Waals surface area contributed by atoms with E-state index >= 15 is 0 Å². The van der Waals surface area contributed by atoms with Gasteiger partial charge in [-0.1, -0.05) is 72.3 Å². The molecular weight excluding hydrogens is 436 g/mol. The van der Waals surface area contributed by atoms with Gasteiger partial charge < -0.3 is 4.74 Å². The number of piperazine rings is 1. The Morgan fingerprint density at radius 3 is 1.88 bits per heavy atom. The molecule has 0 spiro atoms. The Kier molecular flexibility index (Phi) is 7.89. The molecule has 6 heteroatoms. The van der Waals surface area contributed by atoms with E-state index in [9.17, 15) is 9.59 Å². The summed E-state index contributed by atoms with van der Waals surface area (Å²) in [6.45, 7) is 3.12. The summed E-state index contributed by atoms with van der Waals surface area (Å²) in [7, 11) is 0. The maximum absolute atomic E-state index is 12.3. The van der Waals surface area contributed by atoms with Gasteiger partial charge in [0.2, 0.25) is 0 Å². The van der Waals surface area contributed by atoms with Gasteiger partial charge in [-0.05, 0) is 35.4 Å². The van der Waals surface area contributed by atoms with Crippen LogP contribution in [0, 0.1) is 0 Å². The quantitative estimate of drug-likeness (QED) is 0.365. The van der Waals surface area contributed by atoms with E-state index in [4.69, 9.17) is 16.3 Å². The number of hydrogen-bond donors (Lipinski definition) is 0. The molecule has 1 saturated heterocycles. The van der Waals surface area contributed by atoms with Crippen molar-refractivity contribution in [3.63, 3.8) is 0 Å². The fourth-order valence-electron chi connectivity index (χ4n) is 4.16. The number of halogens is 1. The Morgan fingerprint density at radius 1 is 0.788 bits per heavy atom. The number of hydrogen-bond acceptors (Lipinski definition) is 5. The van der Waals surface area contributed by atoms with Crippen LogP contribution in [-0.4, -0.2) is 60.9 Å². The van der Waals surface area contributed by atoms with Crippen LogP contribution in [0.25, 0.3) is 0 Å². The topological polar surface area (TPSA) is 49.9 Å². The third kappa shape index (κ3) is 6.29. The van der Waals surface area contributed by atoms with E-state index < -0.39 is 0 Å². The minimum Gasteiger partial charge on any atom is -0.456 e. The summed E-state index contributed by atoms with van der Waals surface area (Å²) >= 11 is 5.85. The summed E-state index contributed by atoms with van der Waals surface area (Å²) in [5.41, 5.74) is 3.00. The number of carbonyl (C=O) groups excluding carboxylic acids is 2. The van der Waals surface area contributed by atoms with Crippen molar-refractivity contribution in [3.05, 3.63) is 107 Å². The van der Waals surface area contributed by atoms with Crippen molar-refractivity contribution in [1.29, 1.82) is 0 Å². The van der Waals surface area contributed by atoms with Gasteiger partial charge in [-0.15, -0.1) is 0 Å². The standard InChI is InChI=1S/C27H27ClN2O3/c28-24-13-11-21(12-14-24)25(31)20-33-26(32)19-29-15-17-30(18-16-29)27(22-7-3-1-4-8-22)23-9-5-2-6-10-23/h1-14,27H,15-20H2. The number of ketones is 1. The molecule has 0 aromatic heterocycles. The Bertz CT molecular complexity index is 1010. The van der Waals surface area contributed by atoms with Crippen molar-refractivity contribution >= 4 is 23.4 Å². The fraction of sp³-hybridized carbons (Fsp3) is 0.259. The molecule has 1 fully saturated rings. The molecule has 1 aliphatic heterocycles. The molecule has 5 nitrogen and oxygen atoms in total. The molecule has 33 heavy (non-hydrogen) atoms. The Hall–Kier alpha value is -2.99. The molecule has 0 aliphatic carbocycles. The average molecular weight is 463 g/mol. The van der Waals surface area contributed by atoms with E-state index in [-0.39, 0.29) is 30.9 Å². The zero-order valence-corrected chi connectivity index (χ0v) is 19.2. The van der Waals surface area contributed by atoms with Gasteiger partial charge in [0.15, 0.2) is 12.4 Å². The molecular formula is C27H27ClN2O3. The third-order valence-electron chi connectivity index (χ3n) is 5.89. The van der Waals surface area contributed by atoms with Crippen LogP contribution in [-0.2, 0) is 9.53 Å². The molecule has 3 aromatic carbocycles. The molecule has 1 heterocycles. The highest BCUT2D eigenvalue weighted by Crippen LogP contribution is 2.29. The normalized spacial score (nSPS) is 14.8. The molecule has 3 aromatic rings. The highest BCUT2D eigenvalue weighted by molar-refractivity contribution is 6.30. The van der Waals surface area contributed by atoms with Gasteiger partial charge in [-0.3, -0.25) is 19.4 Å². The van der Waals surface area contributed by atoms with Gasteiger partial charge in [-0.25, -0.2) is 0 Å². The first-order valence-corrected chi connectivity index (χ1v) is 11.5. The second-order valence-corrected chi connectivity index (χ2v) is 8.56. The first-order chi connectivity index (χ1) is 16.1. The lowest BCUT2D eigenvalue weighted by Crippen LogP contribution is -2.49. The van der Waals surface area contributed by atoms with E-state index in [1.807, 2.05) is 12.1 Å². The van der Waals surface area contributed by atoms with Gasteiger partial charge >= 0.3 is 5.97 Å².